The second-order valence-corrected chi connectivity index (χ2v) is 6.77. The van der Waals surface area contributed by atoms with E-state index >= 15 is 0 Å². The van der Waals surface area contributed by atoms with Crippen molar-refractivity contribution in [3.05, 3.63) is 17.0 Å². The molecule has 0 aromatic carbocycles. The van der Waals surface area contributed by atoms with Gasteiger partial charge in [0, 0.05) is 24.8 Å². The van der Waals surface area contributed by atoms with E-state index in [0.717, 1.165) is 5.69 Å². The highest BCUT2D eigenvalue weighted by molar-refractivity contribution is 7.91. The van der Waals surface area contributed by atoms with Gasteiger partial charge in [0.15, 0.2) is 9.84 Å². The maximum Gasteiger partial charge on any atom is 0.224 e. The normalized spacial score (nSPS) is 20.0. The summed E-state index contributed by atoms with van der Waals surface area (Å²) in [4.78, 5) is 10.1. The second-order valence-electron chi connectivity index (χ2n) is 4.13. The summed E-state index contributed by atoms with van der Waals surface area (Å²) >= 11 is 5.80. The average molecular weight is 276 g/mol. The van der Waals surface area contributed by atoms with Crippen molar-refractivity contribution in [3.63, 3.8) is 0 Å². The Labute approximate surface area is 106 Å². The van der Waals surface area contributed by atoms with Gasteiger partial charge in [-0.2, -0.15) is 0 Å². The third-order valence-corrected chi connectivity index (χ3v) is 4.58. The maximum atomic E-state index is 11.5. The van der Waals surface area contributed by atoms with Gasteiger partial charge in [0.05, 0.1) is 11.5 Å². The molecule has 1 saturated heterocycles. The van der Waals surface area contributed by atoms with Crippen molar-refractivity contribution in [2.24, 2.45) is 0 Å². The van der Waals surface area contributed by atoms with Crippen LogP contribution in [0.3, 0.4) is 0 Å². The zero-order valence-corrected chi connectivity index (χ0v) is 11.1. The first-order chi connectivity index (χ1) is 7.96. The van der Waals surface area contributed by atoms with Crippen molar-refractivity contribution in [2.45, 2.75) is 13.3 Å². The molecular formula is C10H14ClN3O2S. The minimum absolute atomic E-state index is 0.174. The van der Waals surface area contributed by atoms with Crippen LogP contribution in [0.2, 0.25) is 5.28 Å². The summed E-state index contributed by atoms with van der Waals surface area (Å²) in [5.41, 5.74) is 0.784. The number of hydrogen-bond acceptors (Lipinski definition) is 5. The van der Waals surface area contributed by atoms with Crippen molar-refractivity contribution in [3.8, 4) is 0 Å². The largest absolute Gasteiger partial charge is 0.355 e. The van der Waals surface area contributed by atoms with Crippen LogP contribution in [0.4, 0.5) is 5.82 Å². The van der Waals surface area contributed by atoms with Crippen molar-refractivity contribution < 1.29 is 8.42 Å². The van der Waals surface area contributed by atoms with Gasteiger partial charge >= 0.3 is 0 Å². The molecule has 17 heavy (non-hydrogen) atoms. The highest BCUT2D eigenvalue weighted by Crippen LogP contribution is 2.17. The molecule has 0 spiro atoms. The molecule has 94 valence electrons. The number of halogens is 1. The van der Waals surface area contributed by atoms with Gasteiger partial charge in [0.25, 0.3) is 0 Å². The lowest BCUT2D eigenvalue weighted by atomic mass is 10.3. The van der Waals surface area contributed by atoms with Gasteiger partial charge in [0.2, 0.25) is 5.28 Å². The molecular weight excluding hydrogens is 262 g/mol. The molecule has 0 radical (unpaired) electrons. The van der Waals surface area contributed by atoms with E-state index in [0.29, 0.717) is 25.3 Å². The fraction of sp³-hybridized carbons (Fsp3) is 0.600. The van der Waals surface area contributed by atoms with Crippen LogP contribution < -0.4 is 4.90 Å². The summed E-state index contributed by atoms with van der Waals surface area (Å²) in [7, 11) is -2.90. The predicted octanol–water partition coefficient (Wildman–Crippen LogP) is 1.06. The summed E-state index contributed by atoms with van der Waals surface area (Å²) in [5.74, 6) is 1.13. The van der Waals surface area contributed by atoms with Gasteiger partial charge in [-0.15, -0.1) is 0 Å². The molecule has 1 aliphatic heterocycles. The predicted molar refractivity (Wildman–Crippen MR) is 67.3 cm³/mol. The number of nitrogens with zero attached hydrogens (tertiary/aromatic N) is 3. The van der Waals surface area contributed by atoms with Crippen LogP contribution in [-0.2, 0) is 9.84 Å². The standard InChI is InChI=1S/C10H14ClN3O2S/c1-8-7-9(13-10(11)12-8)14-3-2-5-17(15,16)6-4-14/h7H,2-6H2,1H3. The van der Waals surface area contributed by atoms with E-state index in [1.165, 1.54) is 0 Å². The van der Waals surface area contributed by atoms with Gasteiger partial charge in [-0.25, -0.2) is 18.4 Å². The van der Waals surface area contributed by atoms with Crippen molar-refractivity contribution in [2.75, 3.05) is 29.5 Å². The van der Waals surface area contributed by atoms with E-state index in [9.17, 15) is 8.42 Å². The first-order valence-corrected chi connectivity index (χ1v) is 7.63. The quantitative estimate of drug-likeness (QED) is 0.717. The van der Waals surface area contributed by atoms with Crippen LogP contribution in [0.1, 0.15) is 12.1 Å². The summed E-state index contributed by atoms with van der Waals surface area (Å²) in [6, 6.07) is 1.82. The molecule has 0 amide bonds. The molecule has 0 N–H and O–H groups in total. The van der Waals surface area contributed by atoms with Crippen LogP contribution in [0.25, 0.3) is 0 Å². The molecule has 1 aromatic rings. The summed E-state index contributed by atoms with van der Waals surface area (Å²) in [6.45, 7) is 2.99. The van der Waals surface area contributed by atoms with Crippen molar-refractivity contribution in [1.82, 2.24) is 9.97 Å². The van der Waals surface area contributed by atoms with Crippen LogP contribution in [0.5, 0.6) is 0 Å². The molecule has 5 nitrogen and oxygen atoms in total. The lowest BCUT2D eigenvalue weighted by Crippen LogP contribution is -2.27. The van der Waals surface area contributed by atoms with Gasteiger partial charge in [-0.05, 0) is 24.9 Å². The lowest BCUT2D eigenvalue weighted by molar-refractivity contribution is 0.597. The molecule has 0 saturated carbocycles. The molecule has 0 bridgehead atoms. The zero-order valence-electron chi connectivity index (χ0n) is 9.56. The van der Waals surface area contributed by atoms with E-state index in [4.69, 9.17) is 11.6 Å². The van der Waals surface area contributed by atoms with E-state index in [2.05, 4.69) is 9.97 Å². The molecule has 2 rings (SSSR count). The van der Waals surface area contributed by atoms with Crippen molar-refractivity contribution in [1.29, 1.82) is 0 Å². The van der Waals surface area contributed by atoms with E-state index < -0.39 is 9.84 Å². The Balaban J connectivity index is 2.22. The molecule has 1 aromatic heterocycles. The SMILES string of the molecule is Cc1cc(N2CCCS(=O)(=O)CC2)nc(Cl)n1. The third kappa shape index (κ3) is 3.29. The third-order valence-electron chi connectivity index (χ3n) is 2.69. The molecule has 1 fully saturated rings. The minimum atomic E-state index is -2.90. The number of aryl methyl sites for hydroxylation is 1. The highest BCUT2D eigenvalue weighted by Gasteiger charge is 2.20. The zero-order chi connectivity index (χ0) is 12.5. The number of rotatable bonds is 1. The lowest BCUT2D eigenvalue weighted by Gasteiger charge is -2.20. The number of hydrogen-bond donors (Lipinski definition) is 0. The van der Waals surface area contributed by atoms with Crippen LogP contribution in [0, 0.1) is 6.92 Å². The number of anilines is 1. The number of aromatic nitrogens is 2. The molecule has 0 atom stereocenters. The molecule has 0 unspecified atom stereocenters. The van der Waals surface area contributed by atoms with E-state index in [1.807, 2.05) is 17.9 Å². The van der Waals surface area contributed by atoms with Crippen molar-refractivity contribution >= 4 is 27.3 Å². The molecule has 2 heterocycles. The molecule has 1 aliphatic rings. The first kappa shape index (κ1) is 12.6. The van der Waals surface area contributed by atoms with Gasteiger partial charge < -0.3 is 4.90 Å². The van der Waals surface area contributed by atoms with Gasteiger partial charge in [-0.3, -0.25) is 0 Å². The van der Waals surface area contributed by atoms with E-state index in [-0.39, 0.29) is 16.8 Å². The Bertz CT molecular complexity index is 498. The highest BCUT2D eigenvalue weighted by atomic mass is 35.5. The fourth-order valence-corrected chi connectivity index (χ4v) is 3.34. The average Bonchev–Trinajstić information content (AvgIpc) is 2.38. The Morgan fingerprint density at radius 3 is 2.76 bits per heavy atom. The van der Waals surface area contributed by atoms with E-state index in [1.54, 1.807) is 0 Å². The fourth-order valence-electron chi connectivity index (χ4n) is 1.85. The summed E-state index contributed by atoms with van der Waals surface area (Å²) < 4.78 is 23.0. The summed E-state index contributed by atoms with van der Waals surface area (Å²) in [5, 5.41) is 0.201. The maximum absolute atomic E-state index is 11.5. The van der Waals surface area contributed by atoms with Crippen LogP contribution in [-0.4, -0.2) is 43.0 Å². The van der Waals surface area contributed by atoms with Crippen LogP contribution in [0.15, 0.2) is 6.07 Å². The molecule has 0 aliphatic carbocycles. The Morgan fingerprint density at radius 2 is 2.06 bits per heavy atom. The van der Waals surface area contributed by atoms with Gasteiger partial charge in [0.1, 0.15) is 5.82 Å². The second kappa shape index (κ2) is 4.78. The first-order valence-electron chi connectivity index (χ1n) is 5.43. The number of sulfone groups is 1. The van der Waals surface area contributed by atoms with Gasteiger partial charge in [-0.1, -0.05) is 0 Å². The molecule has 7 heteroatoms. The Kier molecular flexibility index (Phi) is 3.53. The monoisotopic (exact) mass is 275 g/mol. The van der Waals surface area contributed by atoms with Crippen LogP contribution >= 0.6 is 11.6 Å². The Morgan fingerprint density at radius 1 is 1.29 bits per heavy atom. The minimum Gasteiger partial charge on any atom is -0.355 e. The Hall–Kier alpha value is -0.880. The summed E-state index contributed by atoms with van der Waals surface area (Å²) in [6.07, 6.45) is 0.628. The topological polar surface area (TPSA) is 63.2 Å². The smallest absolute Gasteiger partial charge is 0.224 e.